The third-order valence-corrected chi connectivity index (χ3v) is 2.96. The normalized spacial score (nSPS) is 27.6. The first-order valence-electron chi connectivity index (χ1n) is 5.66. The monoisotopic (exact) mass is 194 g/mol. The van der Waals surface area contributed by atoms with Crippen LogP contribution < -0.4 is 5.32 Å². The molecule has 1 saturated carbocycles. The third-order valence-electron chi connectivity index (χ3n) is 2.96. The van der Waals surface area contributed by atoms with Gasteiger partial charge in [0.2, 0.25) is 0 Å². The van der Waals surface area contributed by atoms with Gasteiger partial charge in [0, 0.05) is 6.04 Å². The van der Waals surface area contributed by atoms with Crippen molar-refractivity contribution in [1.29, 1.82) is 5.26 Å². The van der Waals surface area contributed by atoms with Gasteiger partial charge in [-0.2, -0.15) is 5.26 Å². The smallest absolute Gasteiger partial charge is 0.0672 e. The average molecular weight is 194 g/mol. The minimum absolute atomic E-state index is 0.259. The maximum atomic E-state index is 8.91. The molecule has 1 aliphatic rings. The van der Waals surface area contributed by atoms with Gasteiger partial charge in [0.05, 0.1) is 12.0 Å². The average Bonchev–Trinajstić information content (AvgIpc) is 2.49. The highest BCUT2D eigenvalue weighted by molar-refractivity contribution is 4.96. The second kappa shape index (κ2) is 4.79. The molecule has 1 N–H and O–H groups in total. The van der Waals surface area contributed by atoms with Crippen LogP contribution in [-0.2, 0) is 0 Å². The lowest BCUT2D eigenvalue weighted by Gasteiger charge is -2.21. The van der Waals surface area contributed by atoms with E-state index >= 15 is 0 Å². The zero-order chi connectivity index (χ0) is 10.6. The Morgan fingerprint density at radius 2 is 2.07 bits per heavy atom. The number of nitriles is 1. The van der Waals surface area contributed by atoms with Crippen LogP contribution in [0.25, 0.3) is 0 Å². The molecule has 0 aromatic carbocycles. The van der Waals surface area contributed by atoms with Crippen LogP contribution in [0, 0.1) is 22.7 Å². The summed E-state index contributed by atoms with van der Waals surface area (Å²) in [4.78, 5) is 0. The van der Waals surface area contributed by atoms with Crippen LogP contribution in [0.1, 0.15) is 46.5 Å². The van der Waals surface area contributed by atoms with Crippen LogP contribution in [0.5, 0.6) is 0 Å². The topological polar surface area (TPSA) is 35.8 Å². The highest BCUT2D eigenvalue weighted by Crippen LogP contribution is 2.25. The summed E-state index contributed by atoms with van der Waals surface area (Å²) in [6, 6.07) is 2.86. The van der Waals surface area contributed by atoms with Crippen molar-refractivity contribution in [2.45, 2.75) is 52.5 Å². The molecule has 0 amide bonds. The fourth-order valence-electron chi connectivity index (χ4n) is 1.99. The standard InChI is InChI=1S/C12H22N2/c1-12(2,3)7-8-14-11-6-4-5-10(11)9-13/h10-11,14H,4-8H2,1-3H3. The Labute approximate surface area is 87.7 Å². The predicted molar refractivity (Wildman–Crippen MR) is 58.8 cm³/mol. The first kappa shape index (κ1) is 11.5. The summed E-state index contributed by atoms with van der Waals surface area (Å²) in [7, 11) is 0. The molecule has 0 radical (unpaired) electrons. The molecule has 0 spiro atoms. The van der Waals surface area contributed by atoms with Gasteiger partial charge in [0.1, 0.15) is 0 Å². The summed E-state index contributed by atoms with van der Waals surface area (Å²) >= 11 is 0. The van der Waals surface area contributed by atoms with Gasteiger partial charge in [-0.25, -0.2) is 0 Å². The van der Waals surface area contributed by atoms with Gasteiger partial charge in [-0.15, -0.1) is 0 Å². The maximum Gasteiger partial charge on any atom is 0.0672 e. The Balaban J connectivity index is 2.22. The summed E-state index contributed by atoms with van der Waals surface area (Å²) in [6.45, 7) is 7.81. The summed E-state index contributed by atoms with van der Waals surface area (Å²) in [5.41, 5.74) is 0.397. The molecule has 0 bridgehead atoms. The van der Waals surface area contributed by atoms with Crippen LogP contribution >= 0.6 is 0 Å². The molecular formula is C12H22N2. The van der Waals surface area contributed by atoms with Crippen LogP contribution in [0.4, 0.5) is 0 Å². The molecule has 1 aliphatic carbocycles. The number of hydrogen-bond acceptors (Lipinski definition) is 2. The Morgan fingerprint density at radius 3 is 2.64 bits per heavy atom. The molecule has 0 aromatic heterocycles. The highest BCUT2D eigenvalue weighted by Gasteiger charge is 2.26. The molecule has 80 valence electrons. The molecule has 0 aromatic rings. The fourth-order valence-corrected chi connectivity index (χ4v) is 1.99. The van der Waals surface area contributed by atoms with Crippen LogP contribution in [0.15, 0.2) is 0 Å². The summed E-state index contributed by atoms with van der Waals surface area (Å²) < 4.78 is 0. The lowest BCUT2D eigenvalue weighted by Crippen LogP contribution is -2.33. The first-order valence-corrected chi connectivity index (χ1v) is 5.66. The molecular weight excluding hydrogens is 172 g/mol. The number of hydrogen-bond donors (Lipinski definition) is 1. The molecule has 0 heterocycles. The van der Waals surface area contributed by atoms with E-state index in [0.29, 0.717) is 11.5 Å². The Kier molecular flexibility index (Phi) is 3.95. The van der Waals surface area contributed by atoms with Crippen molar-refractivity contribution in [2.24, 2.45) is 11.3 Å². The van der Waals surface area contributed by atoms with E-state index in [9.17, 15) is 0 Å². The van der Waals surface area contributed by atoms with Gasteiger partial charge in [-0.05, 0) is 31.2 Å². The van der Waals surface area contributed by atoms with Crippen LogP contribution in [-0.4, -0.2) is 12.6 Å². The largest absolute Gasteiger partial charge is 0.313 e. The minimum atomic E-state index is 0.259. The number of nitrogens with one attached hydrogen (secondary N) is 1. The van der Waals surface area contributed by atoms with Gasteiger partial charge in [-0.1, -0.05) is 27.2 Å². The molecule has 0 aliphatic heterocycles. The van der Waals surface area contributed by atoms with Crippen LogP contribution in [0.2, 0.25) is 0 Å². The third kappa shape index (κ3) is 3.67. The van der Waals surface area contributed by atoms with Crippen molar-refractivity contribution in [3.63, 3.8) is 0 Å². The summed E-state index contributed by atoms with van der Waals surface area (Å²) in [5.74, 6) is 0.259. The number of nitrogens with zero attached hydrogens (tertiary/aromatic N) is 1. The number of rotatable bonds is 3. The lowest BCUT2D eigenvalue weighted by atomic mass is 9.92. The van der Waals surface area contributed by atoms with Crippen molar-refractivity contribution in [2.75, 3.05) is 6.54 Å². The zero-order valence-corrected chi connectivity index (χ0v) is 9.64. The van der Waals surface area contributed by atoms with Crippen molar-refractivity contribution in [3.8, 4) is 6.07 Å². The summed E-state index contributed by atoms with van der Waals surface area (Å²) in [5, 5.41) is 12.4. The van der Waals surface area contributed by atoms with E-state index < -0.39 is 0 Å². The van der Waals surface area contributed by atoms with Crippen LogP contribution in [0.3, 0.4) is 0 Å². The molecule has 1 fully saturated rings. The Bertz CT molecular complexity index is 209. The van der Waals surface area contributed by atoms with E-state index in [-0.39, 0.29) is 5.92 Å². The minimum Gasteiger partial charge on any atom is -0.313 e. The first-order chi connectivity index (χ1) is 6.53. The van der Waals surface area contributed by atoms with Crippen molar-refractivity contribution in [3.05, 3.63) is 0 Å². The Hall–Kier alpha value is -0.550. The fraction of sp³-hybridized carbons (Fsp3) is 0.917. The Morgan fingerprint density at radius 1 is 1.36 bits per heavy atom. The van der Waals surface area contributed by atoms with Gasteiger partial charge in [0.15, 0.2) is 0 Å². The van der Waals surface area contributed by atoms with E-state index in [1.807, 2.05) is 0 Å². The second-order valence-electron chi connectivity index (χ2n) is 5.54. The highest BCUT2D eigenvalue weighted by atomic mass is 14.9. The zero-order valence-electron chi connectivity index (χ0n) is 9.64. The lowest BCUT2D eigenvalue weighted by molar-refractivity contribution is 0.345. The molecule has 0 saturated heterocycles. The van der Waals surface area contributed by atoms with E-state index in [1.54, 1.807) is 0 Å². The van der Waals surface area contributed by atoms with E-state index in [1.165, 1.54) is 19.3 Å². The van der Waals surface area contributed by atoms with Gasteiger partial charge in [-0.3, -0.25) is 0 Å². The van der Waals surface area contributed by atoms with Gasteiger partial charge >= 0.3 is 0 Å². The van der Waals surface area contributed by atoms with Gasteiger partial charge in [0.25, 0.3) is 0 Å². The van der Waals surface area contributed by atoms with Crippen molar-refractivity contribution < 1.29 is 0 Å². The molecule has 2 heteroatoms. The SMILES string of the molecule is CC(C)(C)CCNC1CCCC1C#N. The van der Waals surface area contributed by atoms with E-state index in [2.05, 4.69) is 32.2 Å². The predicted octanol–water partition coefficient (Wildman–Crippen LogP) is 2.70. The van der Waals surface area contributed by atoms with E-state index in [4.69, 9.17) is 5.26 Å². The molecule has 14 heavy (non-hydrogen) atoms. The molecule has 2 atom stereocenters. The van der Waals surface area contributed by atoms with E-state index in [0.717, 1.165) is 13.0 Å². The summed E-state index contributed by atoms with van der Waals surface area (Å²) in [6.07, 6.45) is 4.67. The quantitative estimate of drug-likeness (QED) is 0.750. The second-order valence-corrected chi connectivity index (χ2v) is 5.54. The molecule has 2 unspecified atom stereocenters. The molecule has 2 nitrogen and oxygen atoms in total. The van der Waals surface area contributed by atoms with Crippen molar-refractivity contribution in [1.82, 2.24) is 5.32 Å². The van der Waals surface area contributed by atoms with Gasteiger partial charge < -0.3 is 5.32 Å². The molecule has 1 rings (SSSR count). The maximum absolute atomic E-state index is 8.91. The van der Waals surface area contributed by atoms with Crippen molar-refractivity contribution >= 4 is 0 Å².